The number of aldehydes is 1. The Balaban J connectivity index is 1.63. The maximum Gasteiger partial charge on any atom is 0.209 e. The molecule has 0 bridgehead atoms. The maximum absolute atomic E-state index is 12.0. The van der Waals surface area contributed by atoms with E-state index in [0.29, 0.717) is 16.4 Å². The number of anilines is 2. The van der Waals surface area contributed by atoms with Gasteiger partial charge in [0, 0.05) is 16.1 Å². The van der Waals surface area contributed by atoms with Crippen LogP contribution >= 0.6 is 0 Å². The van der Waals surface area contributed by atoms with Crippen molar-refractivity contribution in [2.45, 2.75) is 30.2 Å². The van der Waals surface area contributed by atoms with E-state index in [1.807, 2.05) is 30.3 Å². The summed E-state index contributed by atoms with van der Waals surface area (Å²) in [6.07, 6.45) is 4.00. The number of carbonyl (C=O) groups is 1. The topological polar surface area (TPSA) is 90.0 Å². The molecular formula is C25H24N4O2S. The number of aryl methyl sites for hydroxylation is 1. The highest BCUT2D eigenvalue weighted by atomic mass is 32.2. The Morgan fingerprint density at radius 2 is 1.91 bits per heavy atom. The van der Waals surface area contributed by atoms with E-state index in [1.54, 1.807) is 12.1 Å². The number of hydrogen-bond donors (Lipinski definition) is 2. The fourth-order valence-corrected chi connectivity index (χ4v) is 5.08. The molecule has 3 N–H and O–H groups in total. The number of hydrogen-bond acceptors (Lipinski definition) is 4. The third-order valence-corrected chi connectivity index (χ3v) is 7.08. The summed E-state index contributed by atoms with van der Waals surface area (Å²) < 4.78 is 14.2. The summed E-state index contributed by atoms with van der Waals surface area (Å²) in [6.45, 7) is 0. The molecule has 0 spiro atoms. The zero-order valence-corrected chi connectivity index (χ0v) is 18.3. The van der Waals surface area contributed by atoms with Crippen LogP contribution in [0.3, 0.4) is 0 Å². The largest absolute Gasteiger partial charge is 0.326 e. The number of aromatic nitrogens is 2. The normalized spacial score (nSPS) is 17.5. The van der Waals surface area contributed by atoms with Crippen LogP contribution < -0.4 is 10.5 Å². The highest BCUT2D eigenvalue weighted by Crippen LogP contribution is 2.38. The van der Waals surface area contributed by atoms with Crippen LogP contribution in [0, 0.1) is 0 Å². The lowest BCUT2D eigenvalue weighted by atomic mass is 9.87. The first-order valence-corrected chi connectivity index (χ1v) is 12.3. The van der Waals surface area contributed by atoms with Crippen LogP contribution in [0.15, 0.2) is 71.6 Å². The Morgan fingerprint density at radius 3 is 2.66 bits per heavy atom. The fraction of sp³-hybridized carbons (Fsp3) is 0.160. The molecule has 0 radical (unpaired) electrons. The van der Waals surface area contributed by atoms with Crippen LogP contribution in [0.2, 0.25) is 0 Å². The van der Waals surface area contributed by atoms with E-state index < -0.39 is 9.71 Å². The van der Waals surface area contributed by atoms with E-state index >= 15 is 0 Å². The van der Waals surface area contributed by atoms with Crippen molar-refractivity contribution >= 4 is 44.5 Å². The summed E-state index contributed by atoms with van der Waals surface area (Å²) in [4.78, 5) is 16.7. The zero-order valence-electron chi connectivity index (χ0n) is 17.5. The number of nitrogens with zero attached hydrogens (tertiary/aromatic N) is 2. The van der Waals surface area contributed by atoms with E-state index in [-0.39, 0.29) is 6.04 Å². The first-order chi connectivity index (χ1) is 15.4. The number of imidazole rings is 1. The Labute approximate surface area is 187 Å². The molecule has 7 heteroatoms. The Bertz CT molecular complexity index is 1420. The van der Waals surface area contributed by atoms with Crippen molar-refractivity contribution in [3.05, 3.63) is 83.4 Å². The summed E-state index contributed by atoms with van der Waals surface area (Å²) in [5, 5.41) is 9.07. The van der Waals surface area contributed by atoms with Crippen LogP contribution in [-0.4, -0.2) is 25.9 Å². The molecule has 0 fully saturated rings. The van der Waals surface area contributed by atoms with Gasteiger partial charge in [0.1, 0.15) is 6.29 Å². The maximum atomic E-state index is 12.0. The predicted octanol–water partition coefficient (Wildman–Crippen LogP) is 4.47. The fourth-order valence-electron chi connectivity index (χ4n) is 4.49. The van der Waals surface area contributed by atoms with Crippen molar-refractivity contribution in [3.8, 4) is 0 Å². The molecule has 0 amide bonds. The highest BCUT2D eigenvalue weighted by Gasteiger charge is 2.26. The standard InChI is InChI=1S/C25H24N4O2S/c1-32(26,31)20-12-10-19(11-13-20)27-25-28-22-15-17(16-30)9-14-24(22)29(25)23-8-4-6-18-5-2-3-7-21(18)23/h2-3,5,7,9-16,23H,1,4,6,8H2,(H2,26,31)(H,27,28)/t23-,32?/m1/s1. The summed E-state index contributed by atoms with van der Waals surface area (Å²) in [5.41, 5.74) is 5.79. The molecule has 32 heavy (non-hydrogen) atoms. The third-order valence-electron chi connectivity index (χ3n) is 6.01. The molecule has 2 atom stereocenters. The molecule has 6 nitrogen and oxygen atoms in total. The average Bonchev–Trinajstić information content (AvgIpc) is 3.15. The number of rotatable bonds is 5. The second-order valence-electron chi connectivity index (χ2n) is 8.15. The zero-order chi connectivity index (χ0) is 22.3. The summed E-state index contributed by atoms with van der Waals surface area (Å²) in [6, 6.07) is 21.4. The van der Waals surface area contributed by atoms with Crippen molar-refractivity contribution in [1.29, 1.82) is 0 Å². The van der Waals surface area contributed by atoms with E-state index in [4.69, 9.17) is 10.1 Å². The van der Waals surface area contributed by atoms with Crippen LogP contribution in [0.1, 0.15) is 40.4 Å². The average molecular weight is 445 g/mol. The van der Waals surface area contributed by atoms with Crippen LogP contribution in [0.25, 0.3) is 11.0 Å². The second-order valence-corrected chi connectivity index (χ2v) is 10.1. The number of nitrogens with two attached hydrogens (primary N) is 1. The summed E-state index contributed by atoms with van der Waals surface area (Å²) >= 11 is 0. The third kappa shape index (κ3) is 3.70. The van der Waals surface area contributed by atoms with E-state index in [0.717, 1.165) is 42.3 Å². The van der Waals surface area contributed by atoms with E-state index in [9.17, 15) is 9.00 Å². The molecule has 0 saturated heterocycles. The van der Waals surface area contributed by atoms with Gasteiger partial charge in [-0.3, -0.25) is 9.93 Å². The number of benzene rings is 3. The number of carbonyl (C=O) groups excluding carboxylic acids is 1. The predicted molar refractivity (Wildman–Crippen MR) is 130 cm³/mol. The van der Waals surface area contributed by atoms with Crippen molar-refractivity contribution in [2.24, 2.45) is 5.14 Å². The minimum Gasteiger partial charge on any atom is -0.326 e. The number of fused-ring (bicyclic) bond motifs is 2. The Morgan fingerprint density at radius 1 is 1.12 bits per heavy atom. The molecule has 162 valence electrons. The minimum absolute atomic E-state index is 0.136. The molecule has 0 saturated carbocycles. The molecule has 3 aromatic carbocycles. The van der Waals surface area contributed by atoms with Gasteiger partial charge in [-0.1, -0.05) is 24.3 Å². The van der Waals surface area contributed by atoms with Gasteiger partial charge in [0.15, 0.2) is 0 Å². The summed E-state index contributed by atoms with van der Waals surface area (Å²) in [5.74, 6) is 4.23. The van der Waals surface area contributed by atoms with Gasteiger partial charge in [0.25, 0.3) is 0 Å². The smallest absolute Gasteiger partial charge is 0.209 e. The molecule has 1 unspecified atom stereocenters. The van der Waals surface area contributed by atoms with Gasteiger partial charge in [-0.25, -0.2) is 9.19 Å². The minimum atomic E-state index is -2.76. The van der Waals surface area contributed by atoms with Crippen LogP contribution in [0.5, 0.6) is 0 Å². The molecule has 0 aliphatic heterocycles. The first-order valence-electron chi connectivity index (χ1n) is 10.5. The van der Waals surface area contributed by atoms with Crippen LogP contribution in [0.4, 0.5) is 11.6 Å². The molecule has 1 aliphatic rings. The van der Waals surface area contributed by atoms with Gasteiger partial charge >= 0.3 is 0 Å². The lowest BCUT2D eigenvalue weighted by Gasteiger charge is -2.28. The Kier molecular flexibility index (Phi) is 5.07. The van der Waals surface area contributed by atoms with Gasteiger partial charge < -0.3 is 9.88 Å². The highest BCUT2D eigenvalue weighted by molar-refractivity contribution is 7.98. The van der Waals surface area contributed by atoms with E-state index in [1.165, 1.54) is 11.1 Å². The first kappa shape index (κ1) is 20.5. The molecular weight excluding hydrogens is 420 g/mol. The SMILES string of the molecule is C=S(N)(=O)c1ccc(Nc2nc3cc(C=O)ccc3n2[C@@H]2CCCc3ccccc32)cc1. The van der Waals surface area contributed by atoms with Crippen molar-refractivity contribution in [3.63, 3.8) is 0 Å². The van der Waals surface area contributed by atoms with Crippen LogP contribution in [-0.2, 0) is 16.1 Å². The molecule has 5 rings (SSSR count). The van der Waals surface area contributed by atoms with Gasteiger partial charge in [0.2, 0.25) is 5.95 Å². The molecule has 1 heterocycles. The van der Waals surface area contributed by atoms with Gasteiger partial charge in [-0.2, -0.15) is 0 Å². The van der Waals surface area contributed by atoms with Crippen molar-refractivity contribution in [1.82, 2.24) is 9.55 Å². The van der Waals surface area contributed by atoms with Gasteiger partial charge in [-0.15, -0.1) is 0 Å². The van der Waals surface area contributed by atoms with E-state index in [2.05, 4.69) is 40.0 Å². The van der Waals surface area contributed by atoms with Gasteiger partial charge in [-0.05, 0) is 78.7 Å². The lowest BCUT2D eigenvalue weighted by Crippen LogP contribution is -2.18. The van der Waals surface area contributed by atoms with Crippen molar-refractivity contribution < 1.29 is 9.00 Å². The molecule has 4 aromatic rings. The monoisotopic (exact) mass is 444 g/mol. The summed E-state index contributed by atoms with van der Waals surface area (Å²) in [7, 11) is -2.76. The molecule has 1 aliphatic carbocycles. The Hall–Kier alpha value is -3.42. The number of nitrogens with one attached hydrogen (secondary N) is 1. The molecule has 1 aromatic heterocycles. The second kappa shape index (κ2) is 7.93. The van der Waals surface area contributed by atoms with Gasteiger partial charge in [0.05, 0.1) is 26.8 Å². The van der Waals surface area contributed by atoms with Crippen molar-refractivity contribution in [2.75, 3.05) is 5.32 Å². The lowest BCUT2D eigenvalue weighted by molar-refractivity contribution is 0.112. The quantitative estimate of drug-likeness (QED) is 0.351.